The number of nitrogens with one attached hydrogen (secondary N) is 1. The Bertz CT molecular complexity index is 671. The van der Waals surface area contributed by atoms with Crippen molar-refractivity contribution >= 4 is 23.2 Å². The summed E-state index contributed by atoms with van der Waals surface area (Å²) < 4.78 is 0. The van der Waals surface area contributed by atoms with E-state index in [1.807, 2.05) is 53.4 Å². The molecule has 0 unspecified atom stereocenters. The maximum absolute atomic E-state index is 12.7. The van der Waals surface area contributed by atoms with Crippen LogP contribution >= 0.6 is 11.6 Å². The van der Waals surface area contributed by atoms with Crippen molar-refractivity contribution in [3.8, 4) is 0 Å². The van der Waals surface area contributed by atoms with Crippen LogP contribution in [0.5, 0.6) is 0 Å². The number of hydrogen-bond acceptors (Lipinski definition) is 2. The summed E-state index contributed by atoms with van der Waals surface area (Å²) in [4.78, 5) is 14.6. The Kier molecular flexibility index (Phi) is 3.84. The Morgan fingerprint density at radius 1 is 1.19 bits per heavy atom. The summed E-state index contributed by atoms with van der Waals surface area (Å²) in [7, 11) is 0. The van der Waals surface area contributed by atoms with Gasteiger partial charge in [-0.25, -0.2) is 0 Å². The van der Waals surface area contributed by atoms with E-state index in [9.17, 15) is 4.79 Å². The minimum Gasteiger partial charge on any atom is -0.361 e. The molecule has 1 aliphatic heterocycles. The van der Waals surface area contributed by atoms with Crippen molar-refractivity contribution in [2.75, 3.05) is 11.9 Å². The second kappa shape index (κ2) is 5.78. The van der Waals surface area contributed by atoms with Crippen LogP contribution in [0.4, 0.5) is 5.69 Å². The molecule has 3 rings (SSSR count). The van der Waals surface area contributed by atoms with Crippen molar-refractivity contribution in [2.24, 2.45) is 0 Å². The molecule has 1 amide bonds. The summed E-state index contributed by atoms with van der Waals surface area (Å²) in [6.07, 6.45) is 0.734. The van der Waals surface area contributed by atoms with Gasteiger partial charge in [-0.05, 0) is 36.2 Å². The van der Waals surface area contributed by atoms with E-state index in [2.05, 4.69) is 12.2 Å². The van der Waals surface area contributed by atoms with Crippen molar-refractivity contribution in [1.82, 2.24) is 4.90 Å². The van der Waals surface area contributed by atoms with Crippen LogP contribution in [-0.2, 0) is 0 Å². The topological polar surface area (TPSA) is 32.3 Å². The van der Waals surface area contributed by atoms with Gasteiger partial charge in [0, 0.05) is 17.3 Å². The Morgan fingerprint density at radius 2 is 2.00 bits per heavy atom. The standard InChI is InChI=1S/C17H17ClN2O/c1-2-10-20-16(12-6-5-7-13(18)11-12)19-15-9-4-3-8-14(15)17(20)21/h3-9,11,16,19H,2,10H2,1H3/t16-/m1/s1. The number of fused-ring (bicyclic) bond motifs is 1. The van der Waals surface area contributed by atoms with Crippen molar-refractivity contribution in [3.63, 3.8) is 0 Å². The summed E-state index contributed by atoms with van der Waals surface area (Å²) >= 11 is 6.09. The third kappa shape index (κ3) is 2.61. The Morgan fingerprint density at radius 3 is 2.76 bits per heavy atom. The molecule has 0 fully saturated rings. The fourth-order valence-corrected chi connectivity index (χ4v) is 2.90. The highest BCUT2D eigenvalue weighted by Gasteiger charge is 2.32. The molecule has 21 heavy (non-hydrogen) atoms. The zero-order valence-corrected chi connectivity index (χ0v) is 12.6. The van der Waals surface area contributed by atoms with Gasteiger partial charge in [0.1, 0.15) is 6.17 Å². The molecule has 3 nitrogen and oxygen atoms in total. The van der Waals surface area contributed by atoms with E-state index < -0.39 is 0 Å². The van der Waals surface area contributed by atoms with Gasteiger partial charge in [-0.3, -0.25) is 4.79 Å². The molecule has 1 aliphatic rings. The predicted molar refractivity (Wildman–Crippen MR) is 85.6 cm³/mol. The van der Waals surface area contributed by atoms with Gasteiger partial charge in [0.05, 0.1) is 5.56 Å². The average Bonchev–Trinajstić information content (AvgIpc) is 2.50. The van der Waals surface area contributed by atoms with Crippen LogP contribution in [0.25, 0.3) is 0 Å². The maximum atomic E-state index is 12.7. The van der Waals surface area contributed by atoms with E-state index in [1.54, 1.807) is 0 Å². The van der Waals surface area contributed by atoms with Crippen LogP contribution in [0.1, 0.15) is 35.4 Å². The van der Waals surface area contributed by atoms with Crippen molar-refractivity contribution in [3.05, 3.63) is 64.7 Å². The summed E-state index contributed by atoms with van der Waals surface area (Å²) in [5, 5.41) is 4.13. The lowest BCUT2D eigenvalue weighted by Gasteiger charge is -2.38. The number of para-hydroxylation sites is 1. The molecule has 0 saturated heterocycles. The van der Waals surface area contributed by atoms with E-state index in [0.717, 1.165) is 23.2 Å². The molecule has 4 heteroatoms. The second-order valence-corrected chi connectivity index (χ2v) is 5.58. The Balaban J connectivity index is 2.04. The van der Waals surface area contributed by atoms with Gasteiger partial charge < -0.3 is 10.2 Å². The molecule has 1 heterocycles. The number of nitrogens with zero attached hydrogens (tertiary/aromatic N) is 1. The van der Waals surface area contributed by atoms with E-state index in [-0.39, 0.29) is 12.1 Å². The number of carbonyl (C=O) groups excluding carboxylic acids is 1. The maximum Gasteiger partial charge on any atom is 0.257 e. The molecular formula is C17H17ClN2O. The smallest absolute Gasteiger partial charge is 0.257 e. The second-order valence-electron chi connectivity index (χ2n) is 5.15. The minimum atomic E-state index is -0.175. The first kappa shape index (κ1) is 14.0. The zero-order valence-electron chi connectivity index (χ0n) is 11.8. The minimum absolute atomic E-state index is 0.0659. The monoisotopic (exact) mass is 300 g/mol. The van der Waals surface area contributed by atoms with E-state index >= 15 is 0 Å². The van der Waals surface area contributed by atoms with Gasteiger partial charge in [0.25, 0.3) is 5.91 Å². The fourth-order valence-electron chi connectivity index (χ4n) is 2.70. The van der Waals surface area contributed by atoms with Crippen LogP contribution in [0, 0.1) is 0 Å². The van der Waals surface area contributed by atoms with Crippen molar-refractivity contribution in [2.45, 2.75) is 19.5 Å². The van der Waals surface area contributed by atoms with Gasteiger partial charge in [0.15, 0.2) is 0 Å². The molecule has 1 atom stereocenters. The van der Waals surface area contributed by atoms with Gasteiger partial charge in [-0.1, -0.05) is 42.8 Å². The normalized spacial score (nSPS) is 17.3. The molecule has 0 bridgehead atoms. The van der Waals surface area contributed by atoms with Crippen LogP contribution < -0.4 is 5.32 Å². The lowest BCUT2D eigenvalue weighted by molar-refractivity contribution is 0.0683. The molecule has 0 radical (unpaired) electrons. The molecule has 0 aliphatic carbocycles. The molecule has 0 aromatic heterocycles. The molecule has 0 saturated carbocycles. The first-order valence-corrected chi connectivity index (χ1v) is 7.50. The number of carbonyl (C=O) groups is 1. The fraction of sp³-hybridized carbons (Fsp3) is 0.235. The summed E-state index contributed by atoms with van der Waals surface area (Å²) in [5.41, 5.74) is 2.60. The summed E-state index contributed by atoms with van der Waals surface area (Å²) in [6.45, 7) is 2.78. The number of rotatable bonds is 3. The van der Waals surface area contributed by atoms with Crippen molar-refractivity contribution < 1.29 is 4.79 Å². The SMILES string of the molecule is CCCN1C(=O)c2ccccc2N[C@H]1c1cccc(Cl)c1. The first-order chi connectivity index (χ1) is 10.2. The largest absolute Gasteiger partial charge is 0.361 e. The van der Waals surface area contributed by atoms with Crippen LogP contribution in [-0.4, -0.2) is 17.4 Å². The van der Waals surface area contributed by atoms with Crippen LogP contribution in [0.3, 0.4) is 0 Å². The first-order valence-electron chi connectivity index (χ1n) is 7.12. The molecule has 0 spiro atoms. The quantitative estimate of drug-likeness (QED) is 0.915. The Hall–Kier alpha value is -2.00. The number of halogens is 1. The zero-order chi connectivity index (χ0) is 14.8. The van der Waals surface area contributed by atoms with Gasteiger partial charge >= 0.3 is 0 Å². The van der Waals surface area contributed by atoms with Crippen LogP contribution in [0.2, 0.25) is 5.02 Å². The highest BCUT2D eigenvalue weighted by atomic mass is 35.5. The molecule has 1 N–H and O–H groups in total. The van der Waals surface area contributed by atoms with E-state index in [4.69, 9.17) is 11.6 Å². The number of benzene rings is 2. The predicted octanol–water partition coefficient (Wildman–Crippen LogP) is 4.32. The molecular weight excluding hydrogens is 284 g/mol. The summed E-state index contributed by atoms with van der Waals surface area (Å²) in [6, 6.07) is 15.3. The third-order valence-electron chi connectivity index (χ3n) is 3.65. The van der Waals surface area contributed by atoms with Crippen molar-refractivity contribution in [1.29, 1.82) is 0 Å². The lowest BCUT2D eigenvalue weighted by atomic mass is 10.0. The van der Waals surface area contributed by atoms with Gasteiger partial charge in [-0.2, -0.15) is 0 Å². The van der Waals surface area contributed by atoms with E-state index in [1.165, 1.54) is 0 Å². The van der Waals surface area contributed by atoms with Gasteiger partial charge in [-0.15, -0.1) is 0 Å². The molecule has 2 aromatic rings. The summed E-state index contributed by atoms with van der Waals surface area (Å²) in [5.74, 6) is 0.0659. The Labute approximate surface area is 129 Å². The lowest BCUT2D eigenvalue weighted by Crippen LogP contribution is -2.43. The van der Waals surface area contributed by atoms with E-state index in [0.29, 0.717) is 11.6 Å². The highest BCUT2D eigenvalue weighted by molar-refractivity contribution is 6.30. The average molecular weight is 301 g/mol. The number of anilines is 1. The third-order valence-corrected chi connectivity index (χ3v) is 3.89. The molecule has 2 aromatic carbocycles. The molecule has 108 valence electrons. The highest BCUT2D eigenvalue weighted by Crippen LogP contribution is 2.33. The number of hydrogen-bond donors (Lipinski definition) is 1. The van der Waals surface area contributed by atoms with Crippen LogP contribution in [0.15, 0.2) is 48.5 Å². The number of amides is 1. The van der Waals surface area contributed by atoms with Gasteiger partial charge in [0.2, 0.25) is 0 Å².